The first kappa shape index (κ1) is 16.6. The summed E-state index contributed by atoms with van der Waals surface area (Å²) in [4.78, 5) is 7.71. The van der Waals surface area contributed by atoms with Gasteiger partial charge in [0.15, 0.2) is 0 Å². The van der Waals surface area contributed by atoms with Gasteiger partial charge < -0.3 is 10.2 Å². The average Bonchev–Trinajstić information content (AvgIpc) is 2.68. The van der Waals surface area contributed by atoms with Crippen molar-refractivity contribution in [1.29, 1.82) is 0 Å². The molecule has 0 saturated heterocycles. The van der Waals surface area contributed by atoms with Crippen molar-refractivity contribution in [3.8, 4) is 0 Å². The van der Waals surface area contributed by atoms with Crippen molar-refractivity contribution in [2.24, 2.45) is 0 Å². The Hall–Kier alpha value is -0.420. The third-order valence-corrected chi connectivity index (χ3v) is 4.44. The molecule has 0 atom stereocenters. The summed E-state index contributed by atoms with van der Waals surface area (Å²) in [6.45, 7) is 10.1. The number of aryl methyl sites for hydroxylation is 1. The number of rotatable bonds is 9. The van der Waals surface area contributed by atoms with E-state index >= 15 is 0 Å². The summed E-state index contributed by atoms with van der Waals surface area (Å²) in [6, 6.07) is 2.37. The highest BCUT2D eigenvalue weighted by molar-refractivity contribution is 7.12. The second kappa shape index (κ2) is 8.69. The number of hydrogen-bond acceptors (Lipinski definition) is 4. The molecule has 0 radical (unpaired) electrons. The van der Waals surface area contributed by atoms with Gasteiger partial charge in [-0.3, -0.25) is 4.90 Å². The Kier molecular flexibility index (Phi) is 7.61. The summed E-state index contributed by atoms with van der Waals surface area (Å²) in [5.41, 5.74) is 1.50. The number of thiophene rings is 1. The van der Waals surface area contributed by atoms with Crippen LogP contribution in [-0.2, 0) is 13.1 Å². The average molecular weight is 283 g/mol. The van der Waals surface area contributed by atoms with Crippen molar-refractivity contribution in [3.63, 3.8) is 0 Å². The molecule has 0 saturated carbocycles. The maximum Gasteiger partial charge on any atom is 0.0296 e. The van der Waals surface area contributed by atoms with Crippen LogP contribution < -0.4 is 5.32 Å². The summed E-state index contributed by atoms with van der Waals surface area (Å²) in [6.07, 6.45) is 1.24. The van der Waals surface area contributed by atoms with Gasteiger partial charge in [-0.05, 0) is 65.8 Å². The molecule has 0 aliphatic carbocycles. The van der Waals surface area contributed by atoms with Crippen molar-refractivity contribution in [1.82, 2.24) is 15.1 Å². The molecule has 3 nitrogen and oxygen atoms in total. The van der Waals surface area contributed by atoms with E-state index in [0.717, 1.165) is 19.6 Å². The van der Waals surface area contributed by atoms with Crippen LogP contribution in [0.3, 0.4) is 0 Å². The molecule has 0 bridgehead atoms. The number of hydrogen-bond donors (Lipinski definition) is 1. The molecule has 110 valence electrons. The molecular formula is C15H29N3S. The highest BCUT2D eigenvalue weighted by Crippen LogP contribution is 2.22. The Labute approximate surface area is 122 Å². The van der Waals surface area contributed by atoms with Crippen molar-refractivity contribution in [2.75, 3.05) is 40.8 Å². The molecule has 1 aromatic rings. The quantitative estimate of drug-likeness (QED) is 0.751. The van der Waals surface area contributed by atoms with Crippen LogP contribution in [0.15, 0.2) is 6.07 Å². The third kappa shape index (κ3) is 6.04. The lowest BCUT2D eigenvalue weighted by atomic mass is 10.2. The van der Waals surface area contributed by atoms with E-state index in [1.54, 1.807) is 0 Å². The molecule has 0 aliphatic rings. The molecule has 1 rings (SSSR count). The van der Waals surface area contributed by atoms with Gasteiger partial charge in [-0.15, -0.1) is 11.3 Å². The molecule has 1 heterocycles. The molecule has 1 N–H and O–H groups in total. The van der Waals surface area contributed by atoms with E-state index in [9.17, 15) is 0 Å². The molecular weight excluding hydrogens is 254 g/mol. The van der Waals surface area contributed by atoms with Gasteiger partial charge in [-0.2, -0.15) is 0 Å². The maximum atomic E-state index is 3.23. The maximum absolute atomic E-state index is 3.23. The van der Waals surface area contributed by atoms with E-state index in [2.05, 4.69) is 49.1 Å². The van der Waals surface area contributed by atoms with Crippen LogP contribution in [0.1, 0.15) is 28.7 Å². The van der Waals surface area contributed by atoms with Gasteiger partial charge in [0.05, 0.1) is 0 Å². The standard InChI is InChI=1S/C15H29N3S/c1-6-18(9-7-8-17(4)5)12-14-10-15(11-16-3)19-13(14)2/h10,16H,6-9,11-12H2,1-5H3. The first-order valence-electron chi connectivity index (χ1n) is 7.16. The van der Waals surface area contributed by atoms with Gasteiger partial charge in [-0.1, -0.05) is 6.92 Å². The predicted octanol–water partition coefficient (Wildman–Crippen LogP) is 2.55. The SMILES string of the molecule is CCN(CCCN(C)C)Cc1cc(CNC)sc1C. The lowest BCUT2D eigenvalue weighted by molar-refractivity contribution is 0.259. The highest BCUT2D eigenvalue weighted by atomic mass is 32.1. The monoisotopic (exact) mass is 283 g/mol. The zero-order valence-corrected chi connectivity index (χ0v) is 13.9. The third-order valence-electron chi connectivity index (χ3n) is 3.34. The van der Waals surface area contributed by atoms with E-state index in [-0.39, 0.29) is 0 Å². The normalized spacial score (nSPS) is 11.7. The molecule has 19 heavy (non-hydrogen) atoms. The number of nitrogens with one attached hydrogen (secondary N) is 1. The molecule has 0 fully saturated rings. The van der Waals surface area contributed by atoms with Crippen LogP contribution in [0.5, 0.6) is 0 Å². The summed E-state index contributed by atoms with van der Waals surface area (Å²) < 4.78 is 0. The fourth-order valence-corrected chi connectivity index (χ4v) is 3.27. The van der Waals surface area contributed by atoms with Crippen LogP contribution in [0.4, 0.5) is 0 Å². The first-order valence-corrected chi connectivity index (χ1v) is 7.98. The molecule has 0 aromatic carbocycles. The van der Waals surface area contributed by atoms with E-state index < -0.39 is 0 Å². The fourth-order valence-electron chi connectivity index (χ4n) is 2.21. The molecule has 0 aliphatic heterocycles. The topological polar surface area (TPSA) is 18.5 Å². The molecule has 0 unspecified atom stereocenters. The van der Waals surface area contributed by atoms with Crippen LogP contribution in [-0.4, -0.2) is 50.6 Å². The zero-order chi connectivity index (χ0) is 14.3. The second-order valence-electron chi connectivity index (χ2n) is 5.35. The highest BCUT2D eigenvalue weighted by Gasteiger charge is 2.09. The first-order chi connectivity index (χ1) is 9.06. The minimum absolute atomic E-state index is 0.984. The van der Waals surface area contributed by atoms with Crippen molar-refractivity contribution < 1.29 is 0 Å². The summed E-state index contributed by atoms with van der Waals surface area (Å²) >= 11 is 1.92. The molecule has 0 spiro atoms. The summed E-state index contributed by atoms with van der Waals surface area (Å²) in [5.74, 6) is 0. The van der Waals surface area contributed by atoms with Crippen LogP contribution in [0.25, 0.3) is 0 Å². The predicted molar refractivity (Wildman–Crippen MR) is 85.9 cm³/mol. The van der Waals surface area contributed by atoms with Crippen LogP contribution in [0.2, 0.25) is 0 Å². The Balaban J connectivity index is 2.50. The van der Waals surface area contributed by atoms with E-state index in [4.69, 9.17) is 0 Å². The fraction of sp³-hybridized carbons (Fsp3) is 0.733. The van der Waals surface area contributed by atoms with Gasteiger partial charge >= 0.3 is 0 Å². The minimum atomic E-state index is 0.984. The van der Waals surface area contributed by atoms with Gasteiger partial charge in [0.25, 0.3) is 0 Å². The van der Waals surface area contributed by atoms with E-state index in [1.165, 1.54) is 34.8 Å². The lowest BCUT2D eigenvalue weighted by Crippen LogP contribution is -2.27. The van der Waals surface area contributed by atoms with Crippen molar-refractivity contribution in [3.05, 3.63) is 21.4 Å². The van der Waals surface area contributed by atoms with Crippen molar-refractivity contribution in [2.45, 2.75) is 33.4 Å². The Morgan fingerprint density at radius 2 is 2.00 bits per heavy atom. The second-order valence-corrected chi connectivity index (χ2v) is 6.69. The van der Waals surface area contributed by atoms with E-state index in [0.29, 0.717) is 0 Å². The Bertz CT molecular complexity index is 360. The van der Waals surface area contributed by atoms with Crippen LogP contribution >= 0.6 is 11.3 Å². The van der Waals surface area contributed by atoms with Gasteiger partial charge in [-0.25, -0.2) is 0 Å². The minimum Gasteiger partial charge on any atom is -0.315 e. The molecule has 4 heteroatoms. The summed E-state index contributed by atoms with van der Waals surface area (Å²) in [5, 5.41) is 3.23. The lowest BCUT2D eigenvalue weighted by Gasteiger charge is -2.21. The summed E-state index contributed by atoms with van der Waals surface area (Å²) in [7, 11) is 6.29. The Morgan fingerprint density at radius 1 is 1.26 bits per heavy atom. The van der Waals surface area contributed by atoms with Crippen molar-refractivity contribution >= 4 is 11.3 Å². The van der Waals surface area contributed by atoms with E-state index in [1.807, 2.05) is 18.4 Å². The zero-order valence-electron chi connectivity index (χ0n) is 13.1. The smallest absolute Gasteiger partial charge is 0.0296 e. The number of nitrogens with zero attached hydrogens (tertiary/aromatic N) is 2. The van der Waals surface area contributed by atoms with Gasteiger partial charge in [0.1, 0.15) is 0 Å². The van der Waals surface area contributed by atoms with Gasteiger partial charge in [0.2, 0.25) is 0 Å². The largest absolute Gasteiger partial charge is 0.315 e. The Morgan fingerprint density at radius 3 is 2.58 bits per heavy atom. The molecule has 0 amide bonds. The van der Waals surface area contributed by atoms with Gasteiger partial charge in [0, 0.05) is 22.8 Å². The van der Waals surface area contributed by atoms with Crippen LogP contribution in [0, 0.1) is 6.92 Å². The molecule has 1 aromatic heterocycles.